The Balaban J connectivity index is 1.58. The number of ether oxygens (including phenoxy) is 1. The molecule has 0 radical (unpaired) electrons. The van der Waals surface area contributed by atoms with Crippen LogP contribution in [0.3, 0.4) is 0 Å². The SMILES string of the molecule is CCOC(=O)C1CCN(Cn2nc([C@@H]3CCS(=O)(=O)C3)oc2=S)CC1. The van der Waals surface area contributed by atoms with Gasteiger partial charge in [-0.25, -0.2) is 13.1 Å². The first-order chi connectivity index (χ1) is 11.9. The van der Waals surface area contributed by atoms with E-state index in [-0.39, 0.29) is 34.1 Å². The van der Waals surface area contributed by atoms with E-state index in [0.29, 0.717) is 25.6 Å². The predicted molar refractivity (Wildman–Crippen MR) is 92.3 cm³/mol. The molecule has 8 nitrogen and oxygen atoms in total. The van der Waals surface area contributed by atoms with Gasteiger partial charge in [0.1, 0.15) is 0 Å². The zero-order valence-corrected chi connectivity index (χ0v) is 15.9. The molecule has 0 unspecified atom stereocenters. The summed E-state index contributed by atoms with van der Waals surface area (Å²) in [5.74, 6) is 0.294. The van der Waals surface area contributed by atoms with Crippen LogP contribution in [0.4, 0.5) is 0 Å². The van der Waals surface area contributed by atoms with Crippen molar-refractivity contribution in [3.8, 4) is 0 Å². The molecular formula is C15H23N3O5S2. The fourth-order valence-corrected chi connectivity index (χ4v) is 5.24. The zero-order valence-electron chi connectivity index (χ0n) is 14.2. The summed E-state index contributed by atoms with van der Waals surface area (Å²) in [5.41, 5.74) is 0. The molecular weight excluding hydrogens is 366 g/mol. The molecule has 2 aliphatic heterocycles. The average Bonchev–Trinajstić information content (AvgIpc) is 3.11. The second-order valence-electron chi connectivity index (χ2n) is 6.59. The summed E-state index contributed by atoms with van der Waals surface area (Å²) < 4.78 is 35.4. The second kappa shape index (κ2) is 7.55. The maximum atomic E-state index is 11.8. The molecule has 3 heterocycles. The average molecular weight is 389 g/mol. The number of piperidine rings is 1. The van der Waals surface area contributed by atoms with Gasteiger partial charge >= 0.3 is 5.97 Å². The van der Waals surface area contributed by atoms with Crippen molar-refractivity contribution < 1.29 is 22.4 Å². The van der Waals surface area contributed by atoms with Crippen LogP contribution in [0.2, 0.25) is 0 Å². The molecule has 0 N–H and O–H groups in total. The molecule has 1 aromatic rings. The molecule has 0 saturated carbocycles. The molecule has 0 bridgehead atoms. The van der Waals surface area contributed by atoms with Gasteiger partial charge in [0.05, 0.1) is 36.6 Å². The Hall–Kier alpha value is -1.26. The quantitative estimate of drug-likeness (QED) is 0.550. The van der Waals surface area contributed by atoms with Crippen LogP contribution in [0.1, 0.15) is 38.0 Å². The maximum absolute atomic E-state index is 11.8. The number of nitrogens with zero attached hydrogens (tertiary/aromatic N) is 3. The van der Waals surface area contributed by atoms with Crippen LogP contribution < -0.4 is 0 Å². The first-order valence-corrected chi connectivity index (χ1v) is 10.8. The van der Waals surface area contributed by atoms with Gasteiger partial charge in [-0.2, -0.15) is 0 Å². The largest absolute Gasteiger partial charge is 0.466 e. The molecule has 2 saturated heterocycles. The van der Waals surface area contributed by atoms with Crippen molar-refractivity contribution in [2.75, 3.05) is 31.2 Å². The topological polar surface area (TPSA) is 94.6 Å². The van der Waals surface area contributed by atoms with Gasteiger partial charge in [-0.3, -0.25) is 9.69 Å². The lowest BCUT2D eigenvalue weighted by Crippen LogP contribution is -2.38. The number of aromatic nitrogens is 2. The number of hydrogen-bond acceptors (Lipinski definition) is 8. The second-order valence-corrected chi connectivity index (χ2v) is 9.17. The summed E-state index contributed by atoms with van der Waals surface area (Å²) in [7, 11) is -2.99. The van der Waals surface area contributed by atoms with E-state index >= 15 is 0 Å². The number of likely N-dealkylation sites (tertiary alicyclic amines) is 1. The lowest BCUT2D eigenvalue weighted by molar-refractivity contribution is -0.149. The van der Waals surface area contributed by atoms with Crippen LogP contribution in [-0.4, -0.2) is 60.3 Å². The normalized spacial score (nSPS) is 24.4. The smallest absolute Gasteiger partial charge is 0.309 e. The first-order valence-electron chi connectivity index (χ1n) is 8.55. The van der Waals surface area contributed by atoms with Crippen molar-refractivity contribution in [1.29, 1.82) is 0 Å². The molecule has 0 aliphatic carbocycles. The van der Waals surface area contributed by atoms with Gasteiger partial charge in [-0.1, -0.05) is 0 Å². The van der Waals surface area contributed by atoms with E-state index in [2.05, 4.69) is 10.00 Å². The highest BCUT2D eigenvalue weighted by atomic mass is 32.2. The Bertz CT molecular complexity index is 777. The molecule has 0 aromatic carbocycles. The van der Waals surface area contributed by atoms with E-state index in [0.717, 1.165) is 25.9 Å². The van der Waals surface area contributed by atoms with Gasteiger partial charge in [0.2, 0.25) is 5.89 Å². The van der Waals surface area contributed by atoms with Gasteiger partial charge in [0, 0.05) is 13.1 Å². The van der Waals surface area contributed by atoms with Crippen molar-refractivity contribution >= 4 is 28.0 Å². The van der Waals surface area contributed by atoms with Crippen LogP contribution in [0.25, 0.3) is 0 Å². The number of esters is 1. The Kier molecular flexibility index (Phi) is 5.59. The summed E-state index contributed by atoms with van der Waals surface area (Å²) >= 11 is 5.22. The molecule has 0 spiro atoms. The molecule has 10 heteroatoms. The summed E-state index contributed by atoms with van der Waals surface area (Å²) in [5, 5.41) is 4.38. The van der Waals surface area contributed by atoms with Crippen molar-refractivity contribution in [2.45, 2.75) is 38.8 Å². The van der Waals surface area contributed by atoms with Gasteiger partial charge in [0.15, 0.2) is 9.84 Å². The van der Waals surface area contributed by atoms with Gasteiger partial charge in [0.25, 0.3) is 4.84 Å². The summed E-state index contributed by atoms with van der Waals surface area (Å²) in [6.07, 6.45) is 2.03. The minimum Gasteiger partial charge on any atom is -0.466 e. The highest BCUT2D eigenvalue weighted by Gasteiger charge is 2.33. The van der Waals surface area contributed by atoms with Crippen LogP contribution in [0.15, 0.2) is 4.42 Å². The van der Waals surface area contributed by atoms with Crippen molar-refractivity contribution in [2.24, 2.45) is 5.92 Å². The van der Waals surface area contributed by atoms with Gasteiger partial charge in [-0.05, 0) is 38.4 Å². The molecule has 3 rings (SSSR count). The molecule has 25 heavy (non-hydrogen) atoms. The lowest BCUT2D eigenvalue weighted by Gasteiger charge is -2.30. The van der Waals surface area contributed by atoms with Gasteiger partial charge in [-0.15, -0.1) is 5.10 Å². The van der Waals surface area contributed by atoms with Crippen LogP contribution >= 0.6 is 12.2 Å². The van der Waals surface area contributed by atoms with Crippen molar-refractivity contribution in [1.82, 2.24) is 14.7 Å². The maximum Gasteiger partial charge on any atom is 0.309 e. The third kappa shape index (κ3) is 4.48. The molecule has 1 atom stereocenters. The van der Waals surface area contributed by atoms with Crippen LogP contribution in [0.5, 0.6) is 0 Å². The third-order valence-electron chi connectivity index (χ3n) is 4.75. The number of rotatable bonds is 5. The fraction of sp³-hybridized carbons (Fsp3) is 0.800. The predicted octanol–water partition coefficient (Wildman–Crippen LogP) is 1.34. The lowest BCUT2D eigenvalue weighted by atomic mass is 9.97. The Morgan fingerprint density at radius 2 is 2.08 bits per heavy atom. The van der Waals surface area contributed by atoms with E-state index in [4.69, 9.17) is 21.4 Å². The highest BCUT2D eigenvalue weighted by Crippen LogP contribution is 2.28. The summed E-state index contributed by atoms with van der Waals surface area (Å²) in [6.45, 7) is 4.22. The van der Waals surface area contributed by atoms with E-state index in [9.17, 15) is 13.2 Å². The molecule has 0 amide bonds. The van der Waals surface area contributed by atoms with Crippen molar-refractivity contribution in [3.05, 3.63) is 10.7 Å². The number of sulfone groups is 1. The summed E-state index contributed by atoms with van der Waals surface area (Å²) in [6, 6.07) is 0. The monoisotopic (exact) mass is 389 g/mol. The molecule has 1 aromatic heterocycles. The van der Waals surface area contributed by atoms with E-state index in [1.807, 2.05) is 6.92 Å². The Labute approximate surface area is 152 Å². The standard InChI is InChI=1S/C15H23N3O5S2/c1-2-22-14(19)11-3-6-17(7-4-11)10-18-15(24)23-13(16-18)12-5-8-25(20,21)9-12/h11-12H,2-10H2,1H3/t12-/m1/s1. The number of carbonyl (C=O) groups is 1. The minimum atomic E-state index is -2.99. The van der Waals surface area contributed by atoms with Gasteiger partial charge < -0.3 is 9.15 Å². The van der Waals surface area contributed by atoms with Crippen molar-refractivity contribution in [3.63, 3.8) is 0 Å². The van der Waals surface area contributed by atoms with Crippen LogP contribution in [0, 0.1) is 10.8 Å². The molecule has 2 fully saturated rings. The molecule has 2 aliphatic rings. The van der Waals surface area contributed by atoms with E-state index in [1.165, 1.54) is 0 Å². The number of hydrogen-bond donors (Lipinski definition) is 0. The van der Waals surface area contributed by atoms with Crippen LogP contribution in [-0.2, 0) is 26.0 Å². The fourth-order valence-electron chi connectivity index (χ4n) is 3.33. The zero-order chi connectivity index (χ0) is 18.0. The Morgan fingerprint density at radius 3 is 2.68 bits per heavy atom. The van der Waals surface area contributed by atoms with E-state index in [1.54, 1.807) is 4.68 Å². The first kappa shape index (κ1) is 18.5. The summed E-state index contributed by atoms with van der Waals surface area (Å²) in [4.78, 5) is 14.2. The number of carbonyl (C=O) groups excluding carboxylic acids is 1. The third-order valence-corrected chi connectivity index (χ3v) is 6.81. The highest BCUT2D eigenvalue weighted by molar-refractivity contribution is 7.91. The molecule has 140 valence electrons. The van der Waals surface area contributed by atoms with E-state index < -0.39 is 9.84 Å². The minimum absolute atomic E-state index is 0.0410. The Morgan fingerprint density at radius 1 is 1.36 bits per heavy atom.